The third-order valence-electron chi connectivity index (χ3n) is 4.06. The first-order valence-corrected chi connectivity index (χ1v) is 8.77. The summed E-state index contributed by atoms with van der Waals surface area (Å²) in [6.07, 6.45) is 1.81. The van der Waals surface area contributed by atoms with E-state index in [4.69, 9.17) is 11.6 Å². The number of carbonyl (C=O) groups excluding carboxylic acids is 1. The molecule has 2 aromatic carbocycles. The summed E-state index contributed by atoms with van der Waals surface area (Å²) in [7, 11) is 0. The molecule has 6 heteroatoms. The number of halogens is 2. The number of hydrogen-bond acceptors (Lipinski definition) is 2. The highest BCUT2D eigenvalue weighted by Gasteiger charge is 2.14. The maximum absolute atomic E-state index is 12.5. The highest BCUT2D eigenvalue weighted by atomic mass is 35.5. The van der Waals surface area contributed by atoms with Crippen LogP contribution in [-0.2, 0) is 11.3 Å². The Hall–Kier alpha value is -2.56. The Labute approximate surface area is 170 Å². The number of nitrogens with one attached hydrogen (secondary N) is 2. The lowest BCUT2D eigenvalue weighted by Gasteiger charge is -2.13. The molecule has 3 aromatic rings. The van der Waals surface area contributed by atoms with Crippen molar-refractivity contribution in [2.24, 2.45) is 0 Å². The second-order valence-corrected chi connectivity index (χ2v) is 6.64. The SMILES string of the molecule is Cc1ccc(Nc2ccccc2NC(=O)C[n+]2ccc(Cl)cc2C)cc1.[Cl-]. The number of benzene rings is 2. The Kier molecular flexibility index (Phi) is 7.22. The third-order valence-corrected chi connectivity index (χ3v) is 4.29. The zero-order valence-electron chi connectivity index (χ0n) is 15.2. The van der Waals surface area contributed by atoms with Gasteiger partial charge in [0, 0.05) is 24.7 Å². The number of aromatic nitrogens is 1. The summed E-state index contributed by atoms with van der Waals surface area (Å²) in [6.45, 7) is 4.20. The maximum Gasteiger partial charge on any atom is 0.290 e. The van der Waals surface area contributed by atoms with Crippen molar-refractivity contribution in [3.05, 3.63) is 83.1 Å². The predicted octanol–water partition coefficient (Wildman–Crippen LogP) is 1.63. The standard InChI is InChI=1S/C21H20ClN3O.ClH/c1-15-7-9-18(10-8-15)23-19-5-3-4-6-20(19)24-21(26)14-25-12-11-17(22)13-16(25)2;/h3-13,23H,14H2,1-2H3;1H. The molecule has 0 radical (unpaired) electrons. The van der Waals surface area contributed by atoms with Crippen LogP contribution in [0.2, 0.25) is 5.02 Å². The molecule has 1 amide bonds. The number of para-hydroxylation sites is 2. The van der Waals surface area contributed by atoms with Crippen LogP contribution in [-0.4, -0.2) is 5.91 Å². The lowest BCUT2D eigenvalue weighted by atomic mass is 10.2. The summed E-state index contributed by atoms with van der Waals surface area (Å²) in [5.74, 6) is -0.0985. The largest absolute Gasteiger partial charge is 1.00 e. The van der Waals surface area contributed by atoms with Crippen molar-refractivity contribution >= 4 is 34.6 Å². The van der Waals surface area contributed by atoms with Crippen molar-refractivity contribution < 1.29 is 21.8 Å². The molecule has 0 bridgehead atoms. The first-order chi connectivity index (χ1) is 12.5. The first kappa shape index (κ1) is 20.7. The molecule has 0 saturated heterocycles. The van der Waals surface area contributed by atoms with E-state index in [1.54, 1.807) is 6.07 Å². The summed E-state index contributed by atoms with van der Waals surface area (Å²) in [6, 6.07) is 19.4. The zero-order chi connectivity index (χ0) is 18.5. The van der Waals surface area contributed by atoms with Gasteiger partial charge in [-0.1, -0.05) is 41.4 Å². The molecule has 0 aliphatic rings. The van der Waals surface area contributed by atoms with Crippen LogP contribution in [0.15, 0.2) is 66.9 Å². The lowest BCUT2D eigenvalue weighted by molar-refractivity contribution is -0.690. The molecular formula is C21H21Cl2N3O. The van der Waals surface area contributed by atoms with Gasteiger partial charge in [-0.05, 0) is 31.2 Å². The first-order valence-electron chi connectivity index (χ1n) is 8.39. The Morgan fingerprint density at radius 2 is 1.67 bits per heavy atom. The van der Waals surface area contributed by atoms with E-state index in [2.05, 4.69) is 10.6 Å². The fraction of sp³-hybridized carbons (Fsp3) is 0.143. The van der Waals surface area contributed by atoms with Crippen molar-refractivity contribution in [1.82, 2.24) is 0 Å². The Balaban J connectivity index is 0.00000261. The monoisotopic (exact) mass is 401 g/mol. The van der Waals surface area contributed by atoms with E-state index in [0.717, 1.165) is 22.8 Å². The molecule has 0 aliphatic carbocycles. The number of hydrogen-bond donors (Lipinski definition) is 2. The van der Waals surface area contributed by atoms with Crippen LogP contribution in [0.4, 0.5) is 17.1 Å². The van der Waals surface area contributed by atoms with E-state index < -0.39 is 0 Å². The van der Waals surface area contributed by atoms with Gasteiger partial charge in [-0.25, -0.2) is 0 Å². The molecule has 140 valence electrons. The van der Waals surface area contributed by atoms with Gasteiger partial charge >= 0.3 is 0 Å². The van der Waals surface area contributed by atoms with E-state index in [9.17, 15) is 4.79 Å². The highest BCUT2D eigenvalue weighted by Crippen LogP contribution is 2.25. The molecule has 0 saturated carbocycles. The average Bonchev–Trinajstić information content (AvgIpc) is 2.61. The van der Waals surface area contributed by atoms with E-state index in [1.807, 2.05) is 79.2 Å². The van der Waals surface area contributed by atoms with Gasteiger partial charge in [-0.3, -0.25) is 4.79 Å². The number of aryl methyl sites for hydroxylation is 2. The van der Waals surface area contributed by atoms with Gasteiger partial charge in [0.05, 0.1) is 16.4 Å². The minimum absolute atomic E-state index is 0. The Bertz CT molecular complexity index is 927. The molecule has 27 heavy (non-hydrogen) atoms. The van der Waals surface area contributed by atoms with Gasteiger partial charge in [0.1, 0.15) is 0 Å². The minimum Gasteiger partial charge on any atom is -1.00 e. The fourth-order valence-electron chi connectivity index (χ4n) is 2.62. The molecule has 2 N–H and O–H groups in total. The summed E-state index contributed by atoms with van der Waals surface area (Å²) in [5, 5.41) is 6.99. The number of amides is 1. The van der Waals surface area contributed by atoms with Crippen molar-refractivity contribution in [3.63, 3.8) is 0 Å². The number of nitrogens with zero attached hydrogens (tertiary/aromatic N) is 1. The second kappa shape index (κ2) is 9.40. The molecular weight excluding hydrogens is 381 g/mol. The molecule has 0 unspecified atom stereocenters. The quantitative estimate of drug-likeness (QED) is 0.638. The molecule has 1 aromatic heterocycles. The van der Waals surface area contributed by atoms with Crippen molar-refractivity contribution in [2.75, 3.05) is 10.6 Å². The molecule has 3 rings (SSSR count). The van der Waals surface area contributed by atoms with Gasteiger partial charge in [-0.2, -0.15) is 4.57 Å². The zero-order valence-corrected chi connectivity index (χ0v) is 16.7. The van der Waals surface area contributed by atoms with E-state index in [-0.39, 0.29) is 24.9 Å². The van der Waals surface area contributed by atoms with Gasteiger partial charge in [0.25, 0.3) is 5.91 Å². The molecule has 0 spiro atoms. The Morgan fingerprint density at radius 1 is 1.00 bits per heavy atom. The second-order valence-electron chi connectivity index (χ2n) is 6.20. The molecule has 1 heterocycles. The number of pyridine rings is 1. The van der Waals surface area contributed by atoms with Gasteiger partial charge in [0.2, 0.25) is 6.54 Å². The normalized spacial score (nSPS) is 10.0. The molecule has 0 atom stereocenters. The van der Waals surface area contributed by atoms with Crippen LogP contribution in [0.25, 0.3) is 0 Å². The van der Waals surface area contributed by atoms with E-state index in [1.165, 1.54) is 5.56 Å². The maximum atomic E-state index is 12.5. The summed E-state index contributed by atoms with van der Waals surface area (Å²) < 4.78 is 1.86. The van der Waals surface area contributed by atoms with Crippen LogP contribution in [0, 0.1) is 13.8 Å². The van der Waals surface area contributed by atoms with Crippen LogP contribution < -0.4 is 27.6 Å². The minimum atomic E-state index is -0.0985. The van der Waals surface area contributed by atoms with Gasteiger partial charge in [-0.15, -0.1) is 0 Å². The van der Waals surface area contributed by atoms with Gasteiger partial charge < -0.3 is 23.0 Å². The summed E-state index contributed by atoms with van der Waals surface area (Å²) in [4.78, 5) is 12.5. The predicted molar refractivity (Wildman–Crippen MR) is 106 cm³/mol. The van der Waals surface area contributed by atoms with Crippen molar-refractivity contribution in [2.45, 2.75) is 20.4 Å². The Morgan fingerprint density at radius 3 is 2.33 bits per heavy atom. The number of rotatable bonds is 5. The van der Waals surface area contributed by atoms with Crippen LogP contribution in [0.3, 0.4) is 0 Å². The summed E-state index contributed by atoms with van der Waals surface area (Å²) >= 11 is 5.97. The molecule has 0 aliphatic heterocycles. The van der Waals surface area contributed by atoms with E-state index >= 15 is 0 Å². The molecule has 4 nitrogen and oxygen atoms in total. The lowest BCUT2D eigenvalue weighted by Crippen LogP contribution is -3.00. The fourth-order valence-corrected chi connectivity index (χ4v) is 2.84. The highest BCUT2D eigenvalue weighted by molar-refractivity contribution is 6.30. The van der Waals surface area contributed by atoms with E-state index in [0.29, 0.717) is 5.02 Å². The van der Waals surface area contributed by atoms with Crippen molar-refractivity contribution in [1.29, 1.82) is 0 Å². The van der Waals surface area contributed by atoms with Crippen molar-refractivity contribution in [3.8, 4) is 0 Å². The van der Waals surface area contributed by atoms with Crippen LogP contribution in [0.5, 0.6) is 0 Å². The smallest absolute Gasteiger partial charge is 0.290 e. The average molecular weight is 402 g/mol. The molecule has 0 fully saturated rings. The van der Waals surface area contributed by atoms with Gasteiger partial charge in [0.15, 0.2) is 11.9 Å². The number of anilines is 3. The topological polar surface area (TPSA) is 45.0 Å². The van der Waals surface area contributed by atoms with Crippen LogP contribution in [0.1, 0.15) is 11.3 Å². The van der Waals surface area contributed by atoms with Crippen LogP contribution >= 0.6 is 11.6 Å². The third kappa shape index (κ3) is 5.71. The number of carbonyl (C=O) groups is 1. The summed E-state index contributed by atoms with van der Waals surface area (Å²) in [5.41, 5.74) is 4.69.